The summed E-state index contributed by atoms with van der Waals surface area (Å²) in [6, 6.07) is 10.0. The third-order valence-corrected chi connectivity index (χ3v) is 4.77. The third kappa shape index (κ3) is 5.25. The predicted molar refractivity (Wildman–Crippen MR) is 110 cm³/mol. The Morgan fingerprint density at radius 3 is 2.26 bits per heavy atom. The van der Waals surface area contributed by atoms with Crippen LogP contribution in [0.3, 0.4) is 0 Å². The molecular formula is C23H31NO3. The second kappa shape index (κ2) is 8.94. The molecule has 0 saturated carbocycles. The van der Waals surface area contributed by atoms with E-state index in [1.165, 1.54) is 5.56 Å². The van der Waals surface area contributed by atoms with Crippen LogP contribution in [0, 0.1) is 20.8 Å². The Kier molecular flexibility index (Phi) is 6.89. The van der Waals surface area contributed by atoms with Gasteiger partial charge in [0.05, 0.1) is 13.2 Å². The van der Waals surface area contributed by atoms with E-state index in [0.29, 0.717) is 5.92 Å². The zero-order valence-electron chi connectivity index (χ0n) is 17.5. The summed E-state index contributed by atoms with van der Waals surface area (Å²) in [4.78, 5) is 12.4. The van der Waals surface area contributed by atoms with E-state index in [4.69, 9.17) is 9.47 Å². The van der Waals surface area contributed by atoms with Crippen molar-refractivity contribution in [3.8, 4) is 11.5 Å². The van der Waals surface area contributed by atoms with Crippen LogP contribution < -0.4 is 14.8 Å². The highest BCUT2D eigenvalue weighted by molar-refractivity contribution is 5.78. The van der Waals surface area contributed by atoms with E-state index < -0.39 is 0 Å². The third-order valence-electron chi connectivity index (χ3n) is 4.77. The van der Waals surface area contributed by atoms with E-state index in [2.05, 4.69) is 25.2 Å². The van der Waals surface area contributed by atoms with Crippen LogP contribution in [-0.4, -0.2) is 19.6 Å². The van der Waals surface area contributed by atoms with Gasteiger partial charge in [0, 0.05) is 0 Å². The molecule has 0 bridgehead atoms. The molecule has 4 heteroatoms. The van der Waals surface area contributed by atoms with Crippen molar-refractivity contribution in [3.63, 3.8) is 0 Å². The predicted octanol–water partition coefficient (Wildman–Crippen LogP) is 5.00. The first-order valence-electron chi connectivity index (χ1n) is 9.40. The molecule has 1 amide bonds. The molecule has 0 spiro atoms. The average Bonchev–Trinajstić information content (AvgIpc) is 2.60. The van der Waals surface area contributed by atoms with E-state index in [0.717, 1.165) is 33.8 Å². The minimum absolute atomic E-state index is 0.000477. The Morgan fingerprint density at radius 2 is 1.67 bits per heavy atom. The van der Waals surface area contributed by atoms with Crippen molar-refractivity contribution in [1.82, 2.24) is 5.32 Å². The number of amides is 1. The van der Waals surface area contributed by atoms with Crippen LogP contribution >= 0.6 is 0 Å². The van der Waals surface area contributed by atoms with Gasteiger partial charge in [-0.2, -0.15) is 0 Å². The standard InChI is InChI=1S/C23H31NO3/c1-14(2)19-12-20(16(4)11-22(19)26-7)18(6)24-23(25)13-27-21-9-8-15(3)10-17(21)5/h8-12,14,18H,13H2,1-7H3,(H,24,25)/t18-/m0/s1. The highest BCUT2D eigenvalue weighted by Crippen LogP contribution is 2.32. The minimum Gasteiger partial charge on any atom is -0.496 e. The lowest BCUT2D eigenvalue weighted by atomic mass is 9.93. The maximum Gasteiger partial charge on any atom is 0.258 e. The summed E-state index contributed by atoms with van der Waals surface area (Å²) >= 11 is 0. The largest absolute Gasteiger partial charge is 0.496 e. The fraction of sp³-hybridized carbons (Fsp3) is 0.435. The fourth-order valence-corrected chi connectivity index (χ4v) is 3.28. The highest BCUT2D eigenvalue weighted by atomic mass is 16.5. The Morgan fingerprint density at radius 1 is 0.963 bits per heavy atom. The van der Waals surface area contributed by atoms with Crippen LogP contribution in [0.15, 0.2) is 30.3 Å². The molecule has 27 heavy (non-hydrogen) atoms. The van der Waals surface area contributed by atoms with Crippen LogP contribution in [0.4, 0.5) is 0 Å². The molecule has 1 N–H and O–H groups in total. The normalized spacial score (nSPS) is 12.0. The van der Waals surface area contributed by atoms with Crippen molar-refractivity contribution in [2.24, 2.45) is 0 Å². The van der Waals surface area contributed by atoms with Gasteiger partial charge in [0.25, 0.3) is 5.91 Å². The maximum absolute atomic E-state index is 12.4. The molecule has 1 atom stereocenters. The number of carbonyl (C=O) groups is 1. The number of rotatable bonds is 7. The number of benzene rings is 2. The first kappa shape index (κ1) is 20.8. The fourth-order valence-electron chi connectivity index (χ4n) is 3.28. The number of aryl methyl sites for hydroxylation is 3. The summed E-state index contributed by atoms with van der Waals surface area (Å²) < 4.78 is 11.2. The zero-order chi connectivity index (χ0) is 20.1. The first-order valence-corrected chi connectivity index (χ1v) is 9.40. The number of hydrogen-bond donors (Lipinski definition) is 1. The van der Waals surface area contributed by atoms with Crippen LogP contribution in [0.1, 0.15) is 60.5 Å². The summed E-state index contributed by atoms with van der Waals surface area (Å²) in [6.07, 6.45) is 0. The maximum atomic E-state index is 12.4. The lowest BCUT2D eigenvalue weighted by Crippen LogP contribution is -2.31. The van der Waals surface area contributed by atoms with Crippen molar-refractivity contribution in [2.75, 3.05) is 13.7 Å². The number of carbonyl (C=O) groups excluding carboxylic acids is 1. The molecule has 0 heterocycles. The molecule has 2 aromatic carbocycles. The van der Waals surface area contributed by atoms with Crippen LogP contribution in [0.5, 0.6) is 11.5 Å². The minimum atomic E-state index is -0.135. The van der Waals surface area contributed by atoms with Gasteiger partial charge in [-0.05, 0) is 74.1 Å². The second-order valence-electron chi connectivity index (χ2n) is 7.45. The van der Waals surface area contributed by atoms with Crippen molar-refractivity contribution in [3.05, 3.63) is 58.1 Å². The van der Waals surface area contributed by atoms with Crippen LogP contribution in [0.2, 0.25) is 0 Å². The Labute approximate surface area is 162 Å². The molecule has 0 aliphatic carbocycles. The quantitative estimate of drug-likeness (QED) is 0.747. The molecule has 2 aromatic rings. The van der Waals surface area contributed by atoms with Crippen molar-refractivity contribution in [1.29, 1.82) is 0 Å². The number of ether oxygens (including phenoxy) is 2. The monoisotopic (exact) mass is 369 g/mol. The van der Waals surface area contributed by atoms with Crippen LogP contribution in [-0.2, 0) is 4.79 Å². The van der Waals surface area contributed by atoms with Gasteiger partial charge in [-0.3, -0.25) is 4.79 Å². The highest BCUT2D eigenvalue weighted by Gasteiger charge is 2.17. The summed E-state index contributed by atoms with van der Waals surface area (Å²) in [5.74, 6) is 1.84. The molecule has 2 rings (SSSR count). The van der Waals surface area contributed by atoms with E-state index in [-0.39, 0.29) is 18.6 Å². The summed E-state index contributed by atoms with van der Waals surface area (Å²) in [5, 5.41) is 3.04. The van der Waals surface area contributed by atoms with Crippen molar-refractivity contribution >= 4 is 5.91 Å². The molecule has 0 unspecified atom stereocenters. The Hall–Kier alpha value is -2.49. The molecule has 146 valence electrons. The van der Waals surface area contributed by atoms with E-state index in [1.54, 1.807) is 7.11 Å². The van der Waals surface area contributed by atoms with Crippen LogP contribution in [0.25, 0.3) is 0 Å². The summed E-state index contributed by atoms with van der Waals surface area (Å²) in [5.41, 5.74) is 5.54. The number of hydrogen-bond acceptors (Lipinski definition) is 3. The molecule has 0 aliphatic rings. The summed E-state index contributed by atoms with van der Waals surface area (Å²) in [6.45, 7) is 12.3. The number of methoxy groups -OCH3 is 1. The topological polar surface area (TPSA) is 47.6 Å². The van der Waals surface area contributed by atoms with Gasteiger partial charge in [0.1, 0.15) is 11.5 Å². The van der Waals surface area contributed by atoms with Gasteiger partial charge >= 0.3 is 0 Å². The lowest BCUT2D eigenvalue weighted by molar-refractivity contribution is -0.123. The van der Waals surface area contributed by atoms with Crippen molar-refractivity contribution in [2.45, 2.75) is 53.5 Å². The van der Waals surface area contributed by atoms with Gasteiger partial charge in [-0.25, -0.2) is 0 Å². The van der Waals surface area contributed by atoms with Gasteiger partial charge in [-0.1, -0.05) is 31.5 Å². The lowest BCUT2D eigenvalue weighted by Gasteiger charge is -2.21. The zero-order valence-corrected chi connectivity index (χ0v) is 17.5. The van der Waals surface area contributed by atoms with Gasteiger partial charge < -0.3 is 14.8 Å². The smallest absolute Gasteiger partial charge is 0.258 e. The molecule has 0 aliphatic heterocycles. The van der Waals surface area contributed by atoms with Crippen molar-refractivity contribution < 1.29 is 14.3 Å². The van der Waals surface area contributed by atoms with Gasteiger partial charge in [-0.15, -0.1) is 0 Å². The molecule has 0 saturated heterocycles. The van der Waals surface area contributed by atoms with E-state index >= 15 is 0 Å². The molecule has 0 aromatic heterocycles. The van der Waals surface area contributed by atoms with E-state index in [1.807, 2.05) is 52.0 Å². The SMILES string of the molecule is COc1cc(C)c([C@H](C)NC(=O)COc2ccc(C)cc2C)cc1C(C)C. The van der Waals surface area contributed by atoms with Gasteiger partial charge in [0.15, 0.2) is 6.61 Å². The molecule has 4 nitrogen and oxygen atoms in total. The first-order chi connectivity index (χ1) is 12.7. The van der Waals surface area contributed by atoms with E-state index in [9.17, 15) is 4.79 Å². The van der Waals surface area contributed by atoms with Gasteiger partial charge in [0.2, 0.25) is 0 Å². The molecular weight excluding hydrogens is 338 g/mol. The molecule has 0 fully saturated rings. The molecule has 0 radical (unpaired) electrons. The Balaban J connectivity index is 2.06. The average molecular weight is 370 g/mol. The summed E-state index contributed by atoms with van der Waals surface area (Å²) in [7, 11) is 1.69. The Bertz CT molecular complexity index is 812. The second-order valence-corrected chi connectivity index (χ2v) is 7.45. The number of nitrogens with one attached hydrogen (secondary N) is 1.